The number of hydrogen-bond donors (Lipinski definition) is 2. The standard InChI is InChI=1S/C15H25N3S/c1-11(2)9-13-17-14(10-15(19)18-13)16-12-7-5-3-4-6-8-12/h10-12H,3-9H2,1-2H3,(H2,16,17,18,19). The maximum atomic E-state index is 5.26. The highest BCUT2D eigenvalue weighted by Gasteiger charge is 2.12. The number of anilines is 1. The number of hydrogen-bond acceptors (Lipinski definition) is 3. The summed E-state index contributed by atoms with van der Waals surface area (Å²) < 4.78 is 0.686. The van der Waals surface area contributed by atoms with Crippen LogP contribution in [-0.4, -0.2) is 16.0 Å². The van der Waals surface area contributed by atoms with Crippen molar-refractivity contribution in [2.45, 2.75) is 64.8 Å². The Hall–Kier alpha value is -0.900. The summed E-state index contributed by atoms with van der Waals surface area (Å²) in [6.07, 6.45) is 8.91. The average Bonchev–Trinajstić information content (AvgIpc) is 2.55. The molecule has 2 N–H and O–H groups in total. The highest BCUT2D eigenvalue weighted by Crippen LogP contribution is 2.20. The molecular weight excluding hydrogens is 254 g/mol. The third-order valence-corrected chi connectivity index (χ3v) is 3.82. The van der Waals surface area contributed by atoms with Gasteiger partial charge >= 0.3 is 0 Å². The van der Waals surface area contributed by atoms with Gasteiger partial charge in [0.05, 0.1) is 0 Å². The van der Waals surface area contributed by atoms with Crippen molar-refractivity contribution in [1.29, 1.82) is 0 Å². The van der Waals surface area contributed by atoms with Crippen molar-refractivity contribution < 1.29 is 0 Å². The van der Waals surface area contributed by atoms with Crippen LogP contribution < -0.4 is 5.32 Å². The van der Waals surface area contributed by atoms with E-state index in [9.17, 15) is 0 Å². The van der Waals surface area contributed by atoms with Crippen molar-refractivity contribution in [3.63, 3.8) is 0 Å². The minimum Gasteiger partial charge on any atom is -0.369 e. The molecule has 0 spiro atoms. The zero-order chi connectivity index (χ0) is 13.7. The first-order valence-electron chi connectivity index (χ1n) is 7.50. The Kier molecular flexibility index (Phi) is 5.37. The van der Waals surface area contributed by atoms with Crippen molar-refractivity contribution in [3.8, 4) is 0 Å². The first-order chi connectivity index (χ1) is 9.13. The SMILES string of the molecule is CC(C)Cc1nc(=S)cc(NC2CCCCCC2)[nH]1. The average molecular weight is 279 g/mol. The fourth-order valence-electron chi connectivity index (χ4n) is 2.71. The van der Waals surface area contributed by atoms with Crippen LogP contribution in [0.25, 0.3) is 0 Å². The highest BCUT2D eigenvalue weighted by molar-refractivity contribution is 7.71. The van der Waals surface area contributed by atoms with Crippen molar-refractivity contribution in [2.75, 3.05) is 5.32 Å². The molecule has 0 bridgehead atoms. The molecule has 0 unspecified atom stereocenters. The zero-order valence-electron chi connectivity index (χ0n) is 12.0. The van der Waals surface area contributed by atoms with Crippen molar-refractivity contribution >= 4 is 18.0 Å². The maximum absolute atomic E-state index is 5.26. The second-order valence-corrected chi connectivity index (χ2v) is 6.43. The van der Waals surface area contributed by atoms with Crippen LogP contribution in [0.2, 0.25) is 0 Å². The van der Waals surface area contributed by atoms with Crippen molar-refractivity contribution in [1.82, 2.24) is 9.97 Å². The van der Waals surface area contributed by atoms with Gasteiger partial charge in [0, 0.05) is 18.5 Å². The van der Waals surface area contributed by atoms with E-state index >= 15 is 0 Å². The fraction of sp³-hybridized carbons (Fsp3) is 0.733. The summed E-state index contributed by atoms with van der Waals surface area (Å²) in [7, 11) is 0. The lowest BCUT2D eigenvalue weighted by Crippen LogP contribution is -2.19. The van der Waals surface area contributed by atoms with Gasteiger partial charge in [0.1, 0.15) is 16.3 Å². The van der Waals surface area contributed by atoms with Gasteiger partial charge in [-0.1, -0.05) is 51.7 Å². The monoisotopic (exact) mass is 279 g/mol. The lowest BCUT2D eigenvalue weighted by atomic mass is 10.1. The summed E-state index contributed by atoms with van der Waals surface area (Å²) in [5.74, 6) is 2.63. The predicted octanol–water partition coefficient (Wildman–Crippen LogP) is 4.47. The minimum atomic E-state index is 0.586. The Morgan fingerprint density at radius 3 is 2.63 bits per heavy atom. The van der Waals surface area contributed by atoms with E-state index < -0.39 is 0 Å². The number of aromatic nitrogens is 2. The van der Waals surface area contributed by atoms with Crippen LogP contribution in [0.3, 0.4) is 0 Å². The first kappa shape index (κ1) is 14.5. The van der Waals surface area contributed by atoms with Crippen LogP contribution in [-0.2, 0) is 6.42 Å². The molecule has 1 aliphatic carbocycles. The van der Waals surface area contributed by atoms with E-state index in [1.165, 1.54) is 38.5 Å². The molecule has 4 heteroatoms. The molecule has 0 aliphatic heterocycles. The third kappa shape index (κ3) is 4.94. The van der Waals surface area contributed by atoms with Gasteiger partial charge in [-0.05, 0) is 18.8 Å². The predicted molar refractivity (Wildman–Crippen MR) is 83.1 cm³/mol. The van der Waals surface area contributed by atoms with E-state index in [2.05, 4.69) is 29.1 Å². The van der Waals surface area contributed by atoms with Gasteiger partial charge in [-0.3, -0.25) is 0 Å². The van der Waals surface area contributed by atoms with Gasteiger partial charge in [-0.25, -0.2) is 4.98 Å². The summed E-state index contributed by atoms with van der Waals surface area (Å²) in [5.41, 5.74) is 0. The molecule has 2 rings (SSSR count). The van der Waals surface area contributed by atoms with Gasteiger partial charge < -0.3 is 10.3 Å². The molecule has 1 saturated carbocycles. The largest absolute Gasteiger partial charge is 0.369 e. The Labute approximate surface area is 121 Å². The molecule has 0 amide bonds. The van der Waals surface area contributed by atoms with E-state index in [1.54, 1.807) is 0 Å². The number of nitrogens with one attached hydrogen (secondary N) is 2. The van der Waals surface area contributed by atoms with E-state index in [1.807, 2.05) is 6.07 Å². The molecule has 19 heavy (non-hydrogen) atoms. The number of nitrogens with zero attached hydrogens (tertiary/aromatic N) is 1. The molecule has 0 saturated heterocycles. The van der Waals surface area contributed by atoms with Crippen LogP contribution >= 0.6 is 12.2 Å². The van der Waals surface area contributed by atoms with Crippen LogP contribution in [0.5, 0.6) is 0 Å². The van der Waals surface area contributed by atoms with Gasteiger partial charge in [-0.2, -0.15) is 0 Å². The minimum absolute atomic E-state index is 0.586. The van der Waals surface area contributed by atoms with Crippen LogP contribution in [0.4, 0.5) is 5.82 Å². The summed E-state index contributed by atoms with van der Waals surface area (Å²) >= 11 is 5.26. The van der Waals surface area contributed by atoms with E-state index in [4.69, 9.17) is 12.2 Å². The smallest absolute Gasteiger partial charge is 0.131 e. The topological polar surface area (TPSA) is 40.7 Å². The van der Waals surface area contributed by atoms with Gasteiger partial charge in [0.25, 0.3) is 0 Å². The van der Waals surface area contributed by atoms with Crippen molar-refractivity contribution in [2.24, 2.45) is 5.92 Å². The summed E-state index contributed by atoms with van der Waals surface area (Å²) in [6, 6.07) is 2.53. The Morgan fingerprint density at radius 1 is 1.32 bits per heavy atom. The lowest BCUT2D eigenvalue weighted by molar-refractivity contribution is 0.607. The fourth-order valence-corrected chi connectivity index (χ4v) is 2.94. The molecular formula is C15H25N3S. The second-order valence-electron chi connectivity index (χ2n) is 6.01. The Bertz CT molecular complexity index is 445. The van der Waals surface area contributed by atoms with E-state index in [0.29, 0.717) is 16.6 Å². The molecule has 3 nitrogen and oxygen atoms in total. The van der Waals surface area contributed by atoms with Gasteiger partial charge in [0.2, 0.25) is 0 Å². The van der Waals surface area contributed by atoms with Gasteiger partial charge in [0.15, 0.2) is 0 Å². The Balaban J connectivity index is 2.06. The van der Waals surface area contributed by atoms with Crippen LogP contribution in [0.1, 0.15) is 58.2 Å². The molecule has 1 aromatic rings. The summed E-state index contributed by atoms with van der Waals surface area (Å²) in [5, 5.41) is 3.61. The van der Waals surface area contributed by atoms with Gasteiger partial charge in [-0.15, -0.1) is 0 Å². The third-order valence-electron chi connectivity index (χ3n) is 3.61. The quantitative estimate of drug-likeness (QED) is 0.631. The second kappa shape index (κ2) is 7.04. The first-order valence-corrected chi connectivity index (χ1v) is 7.91. The molecule has 1 fully saturated rings. The maximum Gasteiger partial charge on any atom is 0.131 e. The molecule has 106 valence electrons. The lowest BCUT2D eigenvalue weighted by Gasteiger charge is -2.18. The molecule has 0 aromatic carbocycles. The normalized spacial score (nSPS) is 17.4. The van der Waals surface area contributed by atoms with Crippen molar-refractivity contribution in [3.05, 3.63) is 16.5 Å². The number of aromatic amines is 1. The summed E-state index contributed by atoms with van der Waals surface area (Å²) in [4.78, 5) is 7.80. The number of rotatable bonds is 4. The highest BCUT2D eigenvalue weighted by atomic mass is 32.1. The molecule has 1 aromatic heterocycles. The van der Waals surface area contributed by atoms with E-state index in [-0.39, 0.29) is 0 Å². The van der Waals surface area contributed by atoms with Crippen LogP contribution in [0.15, 0.2) is 6.07 Å². The molecule has 0 radical (unpaired) electrons. The van der Waals surface area contributed by atoms with Crippen LogP contribution in [0, 0.1) is 10.6 Å². The van der Waals surface area contributed by atoms with E-state index in [0.717, 1.165) is 18.1 Å². The zero-order valence-corrected chi connectivity index (χ0v) is 12.9. The summed E-state index contributed by atoms with van der Waals surface area (Å²) in [6.45, 7) is 4.40. The Morgan fingerprint density at radius 2 is 2.00 bits per heavy atom. The molecule has 1 heterocycles. The number of H-pyrrole nitrogens is 1. The molecule has 1 aliphatic rings. The molecule has 0 atom stereocenters.